The van der Waals surface area contributed by atoms with Crippen LogP contribution in [0, 0.1) is 13.8 Å². The van der Waals surface area contributed by atoms with Crippen LogP contribution in [0.2, 0.25) is 0 Å². The Bertz CT molecular complexity index is 873. The summed E-state index contributed by atoms with van der Waals surface area (Å²) in [6.07, 6.45) is 5.72. The number of H-pyrrole nitrogens is 1. The molecule has 0 amide bonds. The lowest BCUT2D eigenvalue weighted by molar-refractivity contribution is 0.0866. The van der Waals surface area contributed by atoms with Crippen molar-refractivity contribution in [1.29, 1.82) is 0 Å². The Morgan fingerprint density at radius 2 is 1.89 bits per heavy atom. The molecule has 1 aliphatic rings. The highest BCUT2D eigenvalue weighted by Crippen LogP contribution is 2.34. The molecule has 3 N–H and O–H groups in total. The number of aromatic nitrogens is 2. The van der Waals surface area contributed by atoms with E-state index in [0.717, 1.165) is 36.6 Å². The van der Waals surface area contributed by atoms with Gasteiger partial charge in [0.1, 0.15) is 0 Å². The molecule has 4 rings (SSSR count). The number of imidazole rings is 1. The molecule has 1 aromatic heterocycles. The number of ether oxygens (including phenoxy) is 1. The van der Waals surface area contributed by atoms with Crippen LogP contribution in [-0.4, -0.2) is 29.2 Å². The average molecular weight is 396 g/mol. The number of nitrogens with one attached hydrogen (secondary N) is 1. The minimum Gasteiger partial charge on any atom is -0.381 e. The number of hydrogen-bond donors (Lipinski definition) is 3. The predicted octanol–water partition coefficient (Wildman–Crippen LogP) is 4.62. The lowest BCUT2D eigenvalue weighted by Gasteiger charge is -2.20. The number of nitrogens with zero attached hydrogens (tertiary/aromatic N) is 1. The normalized spacial score (nSPS) is 15.6. The van der Waals surface area contributed by atoms with E-state index in [1.54, 1.807) is 6.33 Å². The third kappa shape index (κ3) is 5.25. The summed E-state index contributed by atoms with van der Waals surface area (Å²) in [5.74, 6) is 0.152. The molecule has 5 heteroatoms. The summed E-state index contributed by atoms with van der Waals surface area (Å²) in [6, 6.07) is 15.2. The predicted molar refractivity (Wildman–Crippen MR) is 117 cm³/mol. The molecule has 1 atom stereocenters. The van der Waals surface area contributed by atoms with Crippen molar-refractivity contribution >= 4 is 12.6 Å². The molecule has 1 unspecified atom stereocenters. The SMILES string of the molecule is Cc1cccc(C(c2cccc(S)c2)c2cnc[nH]2)c1C.NC1CCOCC1. The van der Waals surface area contributed by atoms with Crippen molar-refractivity contribution in [2.24, 2.45) is 5.73 Å². The first kappa shape index (κ1) is 20.6. The molecular weight excluding hydrogens is 366 g/mol. The minimum atomic E-state index is 0.152. The van der Waals surface area contributed by atoms with Crippen molar-refractivity contribution in [2.75, 3.05) is 13.2 Å². The van der Waals surface area contributed by atoms with Crippen molar-refractivity contribution in [3.63, 3.8) is 0 Å². The second-order valence-corrected chi connectivity index (χ2v) is 7.79. The number of aryl methyl sites for hydroxylation is 1. The van der Waals surface area contributed by atoms with Gasteiger partial charge in [0.25, 0.3) is 0 Å². The third-order valence-electron chi connectivity index (χ3n) is 5.26. The van der Waals surface area contributed by atoms with Gasteiger partial charge in [0.05, 0.1) is 12.2 Å². The molecule has 4 nitrogen and oxygen atoms in total. The van der Waals surface area contributed by atoms with Crippen molar-refractivity contribution in [3.05, 3.63) is 82.9 Å². The van der Waals surface area contributed by atoms with Crippen molar-refractivity contribution in [1.82, 2.24) is 9.97 Å². The zero-order chi connectivity index (χ0) is 19.9. The number of rotatable bonds is 3. The maximum absolute atomic E-state index is 5.55. The number of hydrogen-bond acceptors (Lipinski definition) is 4. The molecular formula is C23H29N3OS. The molecule has 0 saturated carbocycles. The number of benzene rings is 2. The van der Waals surface area contributed by atoms with Gasteiger partial charge in [0, 0.05) is 36.0 Å². The molecule has 2 heterocycles. The highest BCUT2D eigenvalue weighted by Gasteiger charge is 2.20. The maximum Gasteiger partial charge on any atom is 0.0922 e. The molecule has 0 bridgehead atoms. The van der Waals surface area contributed by atoms with Crippen molar-refractivity contribution in [2.45, 2.75) is 43.5 Å². The molecule has 1 aliphatic heterocycles. The van der Waals surface area contributed by atoms with Crippen LogP contribution < -0.4 is 5.73 Å². The number of thiol groups is 1. The lowest BCUT2D eigenvalue weighted by atomic mass is 9.85. The van der Waals surface area contributed by atoms with Crippen LogP contribution in [0.3, 0.4) is 0 Å². The largest absolute Gasteiger partial charge is 0.381 e. The quantitative estimate of drug-likeness (QED) is 0.567. The first-order chi connectivity index (χ1) is 13.6. The van der Waals surface area contributed by atoms with Gasteiger partial charge >= 0.3 is 0 Å². The zero-order valence-corrected chi connectivity index (χ0v) is 17.5. The van der Waals surface area contributed by atoms with Crippen LogP contribution in [0.4, 0.5) is 0 Å². The molecule has 0 spiro atoms. The fourth-order valence-electron chi connectivity index (χ4n) is 3.46. The van der Waals surface area contributed by atoms with Gasteiger partial charge in [0.15, 0.2) is 0 Å². The summed E-state index contributed by atoms with van der Waals surface area (Å²) in [5.41, 5.74) is 11.8. The first-order valence-electron chi connectivity index (χ1n) is 9.73. The second-order valence-electron chi connectivity index (χ2n) is 7.27. The lowest BCUT2D eigenvalue weighted by Crippen LogP contribution is -2.28. The topological polar surface area (TPSA) is 63.9 Å². The molecule has 0 radical (unpaired) electrons. The smallest absolute Gasteiger partial charge is 0.0922 e. The Morgan fingerprint density at radius 1 is 1.14 bits per heavy atom. The van der Waals surface area contributed by atoms with E-state index in [1.807, 2.05) is 18.3 Å². The van der Waals surface area contributed by atoms with E-state index in [4.69, 9.17) is 10.5 Å². The van der Waals surface area contributed by atoms with E-state index in [0.29, 0.717) is 6.04 Å². The third-order valence-corrected chi connectivity index (χ3v) is 5.54. The van der Waals surface area contributed by atoms with E-state index in [1.165, 1.54) is 22.3 Å². The van der Waals surface area contributed by atoms with Gasteiger partial charge < -0.3 is 15.5 Å². The summed E-state index contributed by atoms with van der Waals surface area (Å²) < 4.78 is 5.06. The van der Waals surface area contributed by atoms with Crippen molar-refractivity contribution in [3.8, 4) is 0 Å². The molecule has 148 valence electrons. The van der Waals surface area contributed by atoms with Gasteiger partial charge in [0.2, 0.25) is 0 Å². The van der Waals surface area contributed by atoms with Crippen LogP contribution >= 0.6 is 12.6 Å². The molecule has 28 heavy (non-hydrogen) atoms. The molecule has 0 aliphatic carbocycles. The summed E-state index contributed by atoms with van der Waals surface area (Å²) in [5, 5.41) is 0. The van der Waals surface area contributed by atoms with E-state index < -0.39 is 0 Å². The Balaban J connectivity index is 0.000000271. The Morgan fingerprint density at radius 3 is 2.50 bits per heavy atom. The summed E-state index contributed by atoms with van der Waals surface area (Å²) in [4.78, 5) is 8.43. The molecule has 2 aromatic carbocycles. The summed E-state index contributed by atoms with van der Waals surface area (Å²) in [7, 11) is 0. The molecule has 1 saturated heterocycles. The van der Waals surface area contributed by atoms with Gasteiger partial charge in [-0.3, -0.25) is 0 Å². The Kier molecular flexibility index (Phi) is 7.31. The molecule has 3 aromatic rings. The minimum absolute atomic E-state index is 0.152. The monoisotopic (exact) mass is 395 g/mol. The van der Waals surface area contributed by atoms with E-state index >= 15 is 0 Å². The average Bonchev–Trinajstić information content (AvgIpc) is 3.21. The van der Waals surface area contributed by atoms with Gasteiger partial charge in [-0.25, -0.2) is 4.98 Å². The first-order valence-corrected chi connectivity index (χ1v) is 10.2. The summed E-state index contributed by atoms with van der Waals surface area (Å²) >= 11 is 4.48. The highest BCUT2D eigenvalue weighted by atomic mass is 32.1. The Labute approximate surface area is 173 Å². The standard InChI is InChI=1S/C18H18N2S.C5H11NO/c1-12-5-3-8-16(13(12)2)18(17-10-19-11-20-17)14-6-4-7-15(21)9-14;6-5-1-3-7-4-2-5/h3-11,18,21H,1-2H3,(H,19,20);5H,1-4,6H2. The van der Waals surface area contributed by atoms with Gasteiger partial charge in [-0.05, 0) is 61.1 Å². The van der Waals surface area contributed by atoms with Crippen LogP contribution in [0.1, 0.15) is 46.7 Å². The van der Waals surface area contributed by atoms with Crippen LogP contribution in [0.25, 0.3) is 0 Å². The van der Waals surface area contributed by atoms with Gasteiger partial charge in [-0.1, -0.05) is 30.3 Å². The van der Waals surface area contributed by atoms with E-state index in [-0.39, 0.29) is 5.92 Å². The van der Waals surface area contributed by atoms with Gasteiger partial charge in [-0.15, -0.1) is 12.6 Å². The van der Waals surface area contributed by atoms with Crippen LogP contribution in [0.5, 0.6) is 0 Å². The van der Waals surface area contributed by atoms with E-state index in [2.05, 4.69) is 66.8 Å². The van der Waals surface area contributed by atoms with Crippen LogP contribution in [-0.2, 0) is 4.74 Å². The van der Waals surface area contributed by atoms with Crippen molar-refractivity contribution < 1.29 is 4.74 Å². The van der Waals surface area contributed by atoms with Crippen LogP contribution in [0.15, 0.2) is 59.9 Å². The zero-order valence-electron chi connectivity index (χ0n) is 16.6. The maximum atomic E-state index is 5.55. The second kappa shape index (κ2) is 9.92. The summed E-state index contributed by atoms with van der Waals surface area (Å²) in [6.45, 7) is 6.05. The Hall–Kier alpha value is -2.08. The number of aromatic amines is 1. The fraction of sp³-hybridized carbons (Fsp3) is 0.348. The van der Waals surface area contributed by atoms with Gasteiger partial charge in [-0.2, -0.15) is 0 Å². The molecule has 1 fully saturated rings. The van der Waals surface area contributed by atoms with E-state index in [9.17, 15) is 0 Å². The fourth-order valence-corrected chi connectivity index (χ4v) is 3.69. The number of nitrogens with two attached hydrogens (primary N) is 1. The highest BCUT2D eigenvalue weighted by molar-refractivity contribution is 7.80.